The minimum atomic E-state index is -0.451. The van der Waals surface area contributed by atoms with E-state index in [1.165, 1.54) is 0 Å². The molecule has 116 valence electrons. The molecule has 1 saturated carbocycles. The summed E-state index contributed by atoms with van der Waals surface area (Å²) in [5.41, 5.74) is -0.120. The molecule has 0 saturated heterocycles. The van der Waals surface area contributed by atoms with Crippen molar-refractivity contribution in [1.82, 2.24) is 0 Å². The first kappa shape index (κ1) is 16.0. The van der Waals surface area contributed by atoms with Gasteiger partial charge in [-0.05, 0) is 30.9 Å². The van der Waals surface area contributed by atoms with E-state index in [1.807, 2.05) is 6.07 Å². The molecule has 2 atom stereocenters. The Kier molecular flexibility index (Phi) is 4.69. The minimum absolute atomic E-state index is 0.0317. The lowest BCUT2D eigenvalue weighted by Gasteiger charge is -2.30. The van der Waals surface area contributed by atoms with Gasteiger partial charge in [-0.25, -0.2) is 4.79 Å². The van der Waals surface area contributed by atoms with Crippen LogP contribution in [0, 0.1) is 16.7 Å². The Bertz CT molecular complexity index is 481. The van der Waals surface area contributed by atoms with Crippen molar-refractivity contribution >= 4 is 5.97 Å². The number of aliphatic hydroxyl groups is 2. The second kappa shape index (κ2) is 6.16. The van der Waals surface area contributed by atoms with Crippen molar-refractivity contribution in [2.75, 3.05) is 19.8 Å². The van der Waals surface area contributed by atoms with Crippen molar-refractivity contribution < 1.29 is 19.7 Å². The van der Waals surface area contributed by atoms with Crippen molar-refractivity contribution in [3.8, 4) is 0 Å². The molecule has 1 aliphatic rings. The van der Waals surface area contributed by atoms with Gasteiger partial charge in [0.25, 0.3) is 0 Å². The third kappa shape index (κ3) is 3.27. The zero-order valence-corrected chi connectivity index (χ0v) is 12.7. The van der Waals surface area contributed by atoms with E-state index in [9.17, 15) is 15.0 Å². The molecule has 0 bridgehead atoms. The average Bonchev–Trinajstić information content (AvgIpc) is 2.78. The maximum atomic E-state index is 12.0. The first-order valence-electron chi connectivity index (χ1n) is 7.39. The third-order valence-corrected chi connectivity index (χ3v) is 4.92. The smallest absolute Gasteiger partial charge is 0.338 e. The molecule has 0 heterocycles. The van der Waals surface area contributed by atoms with Gasteiger partial charge in [-0.2, -0.15) is 0 Å². The van der Waals surface area contributed by atoms with Crippen LogP contribution < -0.4 is 0 Å². The Labute approximate surface area is 125 Å². The zero-order valence-electron chi connectivity index (χ0n) is 12.7. The van der Waals surface area contributed by atoms with Crippen LogP contribution >= 0.6 is 0 Å². The number of benzene rings is 1. The van der Waals surface area contributed by atoms with Crippen LogP contribution in [0.2, 0.25) is 0 Å². The van der Waals surface area contributed by atoms with E-state index in [1.54, 1.807) is 24.3 Å². The molecule has 1 aromatic carbocycles. The highest BCUT2D eigenvalue weighted by Gasteiger charge is 2.50. The molecule has 0 aliphatic heterocycles. The van der Waals surface area contributed by atoms with Crippen LogP contribution in [0.1, 0.15) is 37.0 Å². The van der Waals surface area contributed by atoms with E-state index in [0.717, 1.165) is 6.42 Å². The topological polar surface area (TPSA) is 66.8 Å². The summed E-state index contributed by atoms with van der Waals surface area (Å²) in [6, 6.07) is 8.93. The fourth-order valence-electron chi connectivity index (χ4n) is 3.37. The van der Waals surface area contributed by atoms with Crippen LogP contribution in [0.15, 0.2) is 30.3 Å². The molecule has 4 heteroatoms. The van der Waals surface area contributed by atoms with Crippen molar-refractivity contribution in [2.24, 2.45) is 16.7 Å². The lowest BCUT2D eigenvalue weighted by atomic mass is 9.80. The molecule has 4 nitrogen and oxygen atoms in total. The summed E-state index contributed by atoms with van der Waals surface area (Å²) in [4.78, 5) is 12.0. The molecule has 0 spiro atoms. The summed E-state index contributed by atoms with van der Waals surface area (Å²) in [7, 11) is 0. The van der Waals surface area contributed by atoms with Gasteiger partial charge in [0, 0.05) is 10.8 Å². The molecule has 1 aromatic rings. The SMILES string of the molecule is C[C@H]1CC(CO)(CO)C[C@]1(C)COC(=O)c1ccccc1. The van der Waals surface area contributed by atoms with Gasteiger partial charge < -0.3 is 14.9 Å². The average molecular weight is 292 g/mol. The maximum absolute atomic E-state index is 12.0. The number of ether oxygens (including phenoxy) is 1. The number of esters is 1. The van der Waals surface area contributed by atoms with E-state index in [-0.39, 0.29) is 30.5 Å². The van der Waals surface area contributed by atoms with E-state index in [4.69, 9.17) is 4.74 Å². The Morgan fingerprint density at radius 1 is 1.29 bits per heavy atom. The number of hydrogen-bond acceptors (Lipinski definition) is 4. The standard InChI is InChI=1S/C17H24O4/c1-13-8-17(10-18,11-19)9-16(13,2)12-21-15(20)14-6-4-3-5-7-14/h3-7,13,18-19H,8-12H2,1-2H3/t13-,16+/m0/s1. The first-order valence-corrected chi connectivity index (χ1v) is 7.39. The monoisotopic (exact) mass is 292 g/mol. The van der Waals surface area contributed by atoms with Crippen LogP contribution in [0.3, 0.4) is 0 Å². The molecule has 2 rings (SSSR count). The summed E-state index contributed by atoms with van der Waals surface area (Å²) in [6.07, 6.45) is 1.41. The summed E-state index contributed by atoms with van der Waals surface area (Å²) in [6.45, 7) is 4.39. The van der Waals surface area contributed by atoms with E-state index < -0.39 is 5.41 Å². The molecule has 0 amide bonds. The van der Waals surface area contributed by atoms with Crippen molar-refractivity contribution in [3.05, 3.63) is 35.9 Å². The van der Waals surface area contributed by atoms with Gasteiger partial charge in [0.2, 0.25) is 0 Å². The lowest BCUT2D eigenvalue weighted by molar-refractivity contribution is 0.0149. The molecule has 1 aliphatic carbocycles. The van der Waals surface area contributed by atoms with Crippen LogP contribution in [-0.2, 0) is 4.74 Å². The summed E-state index contributed by atoms with van der Waals surface area (Å²) in [5.74, 6) is -0.0464. The normalized spacial score (nSPS) is 27.5. The zero-order chi connectivity index (χ0) is 15.5. The number of carbonyl (C=O) groups is 1. The second-order valence-corrected chi connectivity index (χ2v) is 6.69. The highest BCUT2D eigenvalue weighted by Crippen LogP contribution is 2.52. The van der Waals surface area contributed by atoms with Crippen LogP contribution in [0.4, 0.5) is 0 Å². The summed E-state index contributed by atoms with van der Waals surface area (Å²) in [5, 5.41) is 19.1. The molecule has 1 fully saturated rings. The van der Waals surface area contributed by atoms with Crippen molar-refractivity contribution in [1.29, 1.82) is 0 Å². The largest absolute Gasteiger partial charge is 0.462 e. The van der Waals surface area contributed by atoms with Crippen LogP contribution in [0.25, 0.3) is 0 Å². The number of aliphatic hydroxyl groups excluding tert-OH is 2. The lowest BCUT2D eigenvalue weighted by Crippen LogP contribution is -2.31. The van der Waals surface area contributed by atoms with Gasteiger partial charge in [-0.3, -0.25) is 0 Å². The quantitative estimate of drug-likeness (QED) is 0.817. The van der Waals surface area contributed by atoms with Gasteiger partial charge in [-0.15, -0.1) is 0 Å². The number of rotatable bonds is 5. The van der Waals surface area contributed by atoms with Gasteiger partial charge in [0.15, 0.2) is 0 Å². The molecule has 21 heavy (non-hydrogen) atoms. The Morgan fingerprint density at radius 3 is 2.43 bits per heavy atom. The molecule has 0 aromatic heterocycles. The molecular formula is C17H24O4. The van der Waals surface area contributed by atoms with E-state index >= 15 is 0 Å². The van der Waals surface area contributed by atoms with Crippen LogP contribution in [-0.4, -0.2) is 36.0 Å². The van der Waals surface area contributed by atoms with Gasteiger partial charge in [-0.1, -0.05) is 32.0 Å². The third-order valence-electron chi connectivity index (χ3n) is 4.92. The predicted molar refractivity (Wildman–Crippen MR) is 79.8 cm³/mol. The van der Waals surface area contributed by atoms with Gasteiger partial charge in [0.1, 0.15) is 0 Å². The summed E-state index contributed by atoms with van der Waals surface area (Å²) < 4.78 is 5.47. The van der Waals surface area contributed by atoms with E-state index in [2.05, 4.69) is 13.8 Å². The molecule has 0 radical (unpaired) electrons. The van der Waals surface area contributed by atoms with Crippen molar-refractivity contribution in [3.63, 3.8) is 0 Å². The minimum Gasteiger partial charge on any atom is -0.462 e. The highest BCUT2D eigenvalue weighted by molar-refractivity contribution is 5.89. The molecular weight excluding hydrogens is 268 g/mol. The Balaban J connectivity index is 2.01. The van der Waals surface area contributed by atoms with Gasteiger partial charge in [0.05, 0.1) is 25.4 Å². The molecule has 0 unspecified atom stereocenters. The van der Waals surface area contributed by atoms with Crippen molar-refractivity contribution in [2.45, 2.75) is 26.7 Å². The highest BCUT2D eigenvalue weighted by atomic mass is 16.5. The first-order chi connectivity index (χ1) is 9.95. The second-order valence-electron chi connectivity index (χ2n) is 6.69. The maximum Gasteiger partial charge on any atom is 0.338 e. The summed E-state index contributed by atoms with van der Waals surface area (Å²) >= 11 is 0. The predicted octanol–water partition coefficient (Wildman–Crippen LogP) is 2.25. The van der Waals surface area contributed by atoms with Gasteiger partial charge >= 0.3 is 5.97 Å². The number of carbonyl (C=O) groups excluding carboxylic acids is 1. The Morgan fingerprint density at radius 2 is 1.90 bits per heavy atom. The Hall–Kier alpha value is -1.39. The van der Waals surface area contributed by atoms with Crippen LogP contribution in [0.5, 0.6) is 0 Å². The van der Waals surface area contributed by atoms with E-state index in [0.29, 0.717) is 18.6 Å². The number of hydrogen-bond donors (Lipinski definition) is 2. The fourth-order valence-corrected chi connectivity index (χ4v) is 3.37. The molecule has 2 N–H and O–H groups in total. The fraction of sp³-hybridized carbons (Fsp3) is 0.588.